The van der Waals surface area contributed by atoms with Crippen molar-refractivity contribution in [1.29, 1.82) is 5.26 Å². The van der Waals surface area contributed by atoms with Gasteiger partial charge in [0.05, 0.1) is 25.7 Å². The topological polar surface area (TPSA) is 65.3 Å². The average molecular weight is 282 g/mol. The van der Waals surface area contributed by atoms with Crippen LogP contribution in [0.2, 0.25) is 0 Å². The third kappa shape index (κ3) is 4.23. The summed E-state index contributed by atoms with van der Waals surface area (Å²) in [5, 5.41) is 21.9. The van der Waals surface area contributed by atoms with Crippen LogP contribution in [-0.4, -0.2) is 18.8 Å². The number of nitriles is 1. The number of ether oxygens (including phenoxy) is 1. The van der Waals surface area contributed by atoms with E-state index in [4.69, 9.17) is 10.00 Å². The fourth-order valence-corrected chi connectivity index (χ4v) is 1.99. The van der Waals surface area contributed by atoms with E-state index in [1.165, 1.54) is 0 Å². The molecule has 2 aromatic rings. The largest absolute Gasteiger partial charge is 0.497 e. The van der Waals surface area contributed by atoms with Crippen molar-refractivity contribution in [1.82, 2.24) is 0 Å². The van der Waals surface area contributed by atoms with Gasteiger partial charge >= 0.3 is 0 Å². The van der Waals surface area contributed by atoms with Crippen LogP contribution in [-0.2, 0) is 6.42 Å². The van der Waals surface area contributed by atoms with Crippen molar-refractivity contribution in [2.45, 2.75) is 12.5 Å². The van der Waals surface area contributed by atoms with E-state index in [2.05, 4.69) is 11.4 Å². The Balaban J connectivity index is 1.90. The number of aliphatic hydroxyl groups is 1. The Morgan fingerprint density at radius 2 is 1.81 bits per heavy atom. The Labute approximate surface area is 124 Å². The van der Waals surface area contributed by atoms with Crippen LogP contribution in [0.1, 0.15) is 17.2 Å². The molecule has 0 heterocycles. The predicted molar refractivity (Wildman–Crippen MR) is 82.2 cm³/mol. The summed E-state index contributed by atoms with van der Waals surface area (Å²) >= 11 is 0. The third-order valence-corrected chi connectivity index (χ3v) is 3.24. The predicted octanol–water partition coefficient (Wildman–Crippen LogP) is 2.91. The molecule has 0 spiro atoms. The van der Waals surface area contributed by atoms with Gasteiger partial charge in [0.1, 0.15) is 5.75 Å². The number of aliphatic hydroxyl groups excluding tert-OH is 1. The maximum absolute atomic E-state index is 10.1. The number of hydrogen-bond donors (Lipinski definition) is 2. The van der Waals surface area contributed by atoms with E-state index in [1.54, 1.807) is 7.11 Å². The van der Waals surface area contributed by atoms with E-state index in [9.17, 15) is 5.11 Å². The summed E-state index contributed by atoms with van der Waals surface area (Å²) in [4.78, 5) is 0. The fourth-order valence-electron chi connectivity index (χ4n) is 1.99. The highest BCUT2D eigenvalue weighted by molar-refractivity contribution is 5.45. The Morgan fingerprint density at radius 1 is 1.14 bits per heavy atom. The van der Waals surface area contributed by atoms with E-state index in [0.717, 1.165) is 22.6 Å². The molecule has 0 aliphatic carbocycles. The lowest BCUT2D eigenvalue weighted by Gasteiger charge is -2.14. The first-order valence-corrected chi connectivity index (χ1v) is 6.74. The Kier molecular flexibility index (Phi) is 5.19. The minimum Gasteiger partial charge on any atom is -0.497 e. The molecule has 0 aliphatic rings. The standard InChI is InChI=1S/C17H18N2O2/c1-21-16-8-4-14(5-9-16)17(20)12-19-15-6-2-13(3-7-15)10-11-18/h2-9,17,19-20H,10,12H2,1H3. The van der Waals surface area contributed by atoms with Crippen molar-refractivity contribution in [2.75, 3.05) is 19.0 Å². The van der Waals surface area contributed by atoms with Gasteiger partial charge in [-0.25, -0.2) is 0 Å². The molecule has 0 saturated carbocycles. The molecule has 1 atom stereocenters. The molecule has 21 heavy (non-hydrogen) atoms. The Hall–Kier alpha value is -2.51. The van der Waals surface area contributed by atoms with Crippen molar-refractivity contribution >= 4 is 5.69 Å². The zero-order chi connectivity index (χ0) is 15.1. The zero-order valence-corrected chi connectivity index (χ0v) is 11.9. The highest BCUT2D eigenvalue weighted by Crippen LogP contribution is 2.18. The first-order chi connectivity index (χ1) is 10.2. The number of hydrogen-bond acceptors (Lipinski definition) is 4. The Bertz CT molecular complexity index is 600. The van der Waals surface area contributed by atoms with E-state index in [1.807, 2.05) is 48.5 Å². The monoisotopic (exact) mass is 282 g/mol. The van der Waals surface area contributed by atoms with Crippen LogP contribution in [0, 0.1) is 11.3 Å². The summed E-state index contributed by atoms with van der Waals surface area (Å²) in [6, 6.07) is 17.1. The quantitative estimate of drug-likeness (QED) is 0.855. The van der Waals surface area contributed by atoms with Gasteiger partial charge in [-0.1, -0.05) is 24.3 Å². The van der Waals surface area contributed by atoms with Crippen molar-refractivity contribution in [3.8, 4) is 11.8 Å². The highest BCUT2D eigenvalue weighted by Gasteiger charge is 2.07. The Morgan fingerprint density at radius 3 is 2.38 bits per heavy atom. The molecule has 0 fully saturated rings. The molecule has 0 amide bonds. The molecule has 0 radical (unpaired) electrons. The molecule has 1 unspecified atom stereocenters. The van der Waals surface area contributed by atoms with Crippen LogP contribution in [0.5, 0.6) is 5.75 Å². The second-order valence-corrected chi connectivity index (χ2v) is 4.70. The van der Waals surface area contributed by atoms with Crippen LogP contribution >= 0.6 is 0 Å². The normalized spacial score (nSPS) is 11.5. The van der Waals surface area contributed by atoms with Crippen molar-refractivity contribution in [3.05, 3.63) is 59.7 Å². The number of rotatable bonds is 6. The number of anilines is 1. The smallest absolute Gasteiger partial charge is 0.118 e. The lowest BCUT2D eigenvalue weighted by molar-refractivity contribution is 0.191. The molecule has 0 aromatic heterocycles. The van der Waals surface area contributed by atoms with Crippen LogP contribution < -0.4 is 10.1 Å². The molecule has 4 heteroatoms. The maximum atomic E-state index is 10.1. The molecular weight excluding hydrogens is 264 g/mol. The van der Waals surface area contributed by atoms with Crippen molar-refractivity contribution in [3.63, 3.8) is 0 Å². The minimum absolute atomic E-state index is 0.411. The van der Waals surface area contributed by atoms with Gasteiger partial charge in [-0.05, 0) is 35.4 Å². The summed E-state index contributed by atoms with van der Waals surface area (Å²) in [5.74, 6) is 0.770. The van der Waals surface area contributed by atoms with Gasteiger partial charge in [0.25, 0.3) is 0 Å². The fraction of sp³-hybridized carbons (Fsp3) is 0.235. The molecule has 108 valence electrons. The van der Waals surface area contributed by atoms with Crippen molar-refractivity contribution in [2.24, 2.45) is 0 Å². The second-order valence-electron chi connectivity index (χ2n) is 4.70. The lowest BCUT2D eigenvalue weighted by atomic mass is 10.1. The first kappa shape index (κ1) is 14.9. The van der Waals surface area contributed by atoms with Gasteiger partial charge in [0, 0.05) is 12.2 Å². The zero-order valence-electron chi connectivity index (χ0n) is 11.9. The minimum atomic E-state index is -0.588. The lowest BCUT2D eigenvalue weighted by Crippen LogP contribution is -2.12. The molecule has 0 bridgehead atoms. The summed E-state index contributed by atoms with van der Waals surface area (Å²) < 4.78 is 5.09. The van der Waals surface area contributed by atoms with E-state index < -0.39 is 6.10 Å². The molecule has 2 N–H and O–H groups in total. The van der Waals surface area contributed by atoms with E-state index >= 15 is 0 Å². The molecule has 2 rings (SSSR count). The summed E-state index contributed by atoms with van der Waals surface area (Å²) in [6.07, 6.45) is -0.177. The van der Waals surface area contributed by atoms with Crippen LogP contribution in [0.25, 0.3) is 0 Å². The van der Waals surface area contributed by atoms with E-state index in [-0.39, 0.29) is 0 Å². The number of nitrogens with zero attached hydrogens (tertiary/aromatic N) is 1. The van der Waals surface area contributed by atoms with Gasteiger partial charge in [-0.15, -0.1) is 0 Å². The van der Waals surface area contributed by atoms with Crippen LogP contribution in [0.4, 0.5) is 5.69 Å². The number of methoxy groups -OCH3 is 1. The van der Waals surface area contributed by atoms with Crippen LogP contribution in [0.15, 0.2) is 48.5 Å². The number of nitrogens with one attached hydrogen (secondary N) is 1. The molecule has 2 aromatic carbocycles. The second kappa shape index (κ2) is 7.32. The van der Waals surface area contributed by atoms with Gasteiger partial charge < -0.3 is 15.2 Å². The molecular formula is C17H18N2O2. The first-order valence-electron chi connectivity index (χ1n) is 6.74. The maximum Gasteiger partial charge on any atom is 0.118 e. The summed E-state index contributed by atoms with van der Waals surface area (Å²) in [5.41, 5.74) is 2.74. The molecule has 0 saturated heterocycles. The highest BCUT2D eigenvalue weighted by atomic mass is 16.5. The average Bonchev–Trinajstić information content (AvgIpc) is 2.54. The summed E-state index contributed by atoms with van der Waals surface area (Å²) in [6.45, 7) is 0.421. The third-order valence-electron chi connectivity index (χ3n) is 3.24. The van der Waals surface area contributed by atoms with Crippen molar-refractivity contribution < 1.29 is 9.84 Å². The van der Waals surface area contributed by atoms with Gasteiger partial charge in [0.2, 0.25) is 0 Å². The van der Waals surface area contributed by atoms with E-state index in [0.29, 0.717) is 13.0 Å². The van der Waals surface area contributed by atoms with Crippen LogP contribution in [0.3, 0.4) is 0 Å². The summed E-state index contributed by atoms with van der Waals surface area (Å²) in [7, 11) is 1.61. The van der Waals surface area contributed by atoms with Gasteiger partial charge in [0.15, 0.2) is 0 Å². The molecule has 0 aliphatic heterocycles. The van der Waals surface area contributed by atoms with Gasteiger partial charge in [-0.3, -0.25) is 0 Å². The molecule has 4 nitrogen and oxygen atoms in total. The SMILES string of the molecule is COc1ccc(C(O)CNc2ccc(CC#N)cc2)cc1. The number of benzene rings is 2. The van der Waals surface area contributed by atoms with Gasteiger partial charge in [-0.2, -0.15) is 5.26 Å².